The van der Waals surface area contributed by atoms with Crippen LogP contribution in [0.1, 0.15) is 21.3 Å². The summed E-state index contributed by atoms with van der Waals surface area (Å²) in [7, 11) is 1.62. The Morgan fingerprint density at radius 2 is 2.14 bits per heavy atom. The zero-order valence-corrected chi connectivity index (χ0v) is 16.4. The lowest BCUT2D eigenvalue weighted by molar-refractivity contribution is 0.0396. The van der Waals surface area contributed by atoms with Crippen molar-refractivity contribution in [3.05, 3.63) is 53.2 Å². The van der Waals surface area contributed by atoms with Crippen LogP contribution in [0.5, 0.6) is 0 Å². The van der Waals surface area contributed by atoms with Gasteiger partial charge in [-0.05, 0) is 17.5 Å². The summed E-state index contributed by atoms with van der Waals surface area (Å²) < 4.78 is 12.2. The molecule has 1 fully saturated rings. The van der Waals surface area contributed by atoms with E-state index in [4.69, 9.17) is 9.47 Å². The first kappa shape index (κ1) is 18.8. The summed E-state index contributed by atoms with van der Waals surface area (Å²) in [6, 6.07) is 9.87. The lowest BCUT2D eigenvalue weighted by Crippen LogP contribution is -2.40. The van der Waals surface area contributed by atoms with Gasteiger partial charge >= 0.3 is 0 Å². The maximum atomic E-state index is 12.9. The van der Waals surface area contributed by atoms with Crippen LogP contribution in [-0.2, 0) is 9.47 Å². The molecule has 1 saturated heterocycles. The van der Waals surface area contributed by atoms with E-state index >= 15 is 0 Å². The fourth-order valence-electron chi connectivity index (χ4n) is 3.36. The van der Waals surface area contributed by atoms with Crippen LogP contribution < -0.4 is 10.2 Å². The minimum absolute atomic E-state index is 0.0927. The number of anilines is 1. The van der Waals surface area contributed by atoms with Gasteiger partial charge in [-0.3, -0.25) is 4.79 Å². The summed E-state index contributed by atoms with van der Waals surface area (Å²) in [5.74, 6) is 0.589. The van der Waals surface area contributed by atoms with E-state index in [2.05, 4.69) is 26.3 Å². The Hall–Kier alpha value is -2.55. The number of benzene rings is 1. The molecule has 1 atom stereocenters. The van der Waals surface area contributed by atoms with E-state index in [9.17, 15) is 4.79 Å². The van der Waals surface area contributed by atoms with Gasteiger partial charge in [0.15, 0.2) is 0 Å². The third-order valence-corrected chi connectivity index (χ3v) is 5.84. The SMILES string of the molecule is COCCNC(=O)c1sc2ccccc2c1[C@@H]1CN(c2ncccn2)CCO1. The van der Waals surface area contributed by atoms with Gasteiger partial charge in [-0.15, -0.1) is 11.3 Å². The molecule has 0 radical (unpaired) electrons. The Bertz CT molecular complexity index is 947. The first-order valence-corrected chi connectivity index (χ1v) is 10.0. The van der Waals surface area contributed by atoms with Gasteiger partial charge in [0.2, 0.25) is 5.95 Å². The van der Waals surface area contributed by atoms with Gasteiger partial charge in [0, 0.05) is 42.9 Å². The van der Waals surface area contributed by atoms with E-state index < -0.39 is 0 Å². The van der Waals surface area contributed by atoms with Crippen LogP contribution in [0.25, 0.3) is 10.1 Å². The average Bonchev–Trinajstić information content (AvgIpc) is 3.14. The number of nitrogens with one attached hydrogen (secondary N) is 1. The lowest BCUT2D eigenvalue weighted by atomic mass is 10.0. The fraction of sp³-hybridized carbons (Fsp3) is 0.350. The van der Waals surface area contributed by atoms with Crippen molar-refractivity contribution in [3.8, 4) is 0 Å². The Morgan fingerprint density at radius 1 is 1.32 bits per heavy atom. The molecule has 0 saturated carbocycles. The van der Waals surface area contributed by atoms with Crippen molar-refractivity contribution < 1.29 is 14.3 Å². The van der Waals surface area contributed by atoms with Crippen LogP contribution in [-0.4, -0.2) is 55.8 Å². The summed E-state index contributed by atoms with van der Waals surface area (Å²) in [4.78, 5) is 24.4. The van der Waals surface area contributed by atoms with E-state index in [-0.39, 0.29) is 12.0 Å². The zero-order valence-electron chi connectivity index (χ0n) is 15.6. The number of ether oxygens (including phenoxy) is 2. The van der Waals surface area contributed by atoms with E-state index in [1.165, 1.54) is 11.3 Å². The van der Waals surface area contributed by atoms with Crippen molar-refractivity contribution in [3.63, 3.8) is 0 Å². The highest BCUT2D eigenvalue weighted by molar-refractivity contribution is 7.21. The van der Waals surface area contributed by atoms with Gasteiger partial charge < -0.3 is 19.7 Å². The highest BCUT2D eigenvalue weighted by Gasteiger charge is 2.30. The van der Waals surface area contributed by atoms with Crippen molar-refractivity contribution in [2.24, 2.45) is 0 Å². The predicted octanol–water partition coefficient (Wildman–Crippen LogP) is 2.65. The van der Waals surface area contributed by atoms with Gasteiger partial charge in [0.1, 0.15) is 6.10 Å². The molecular weight excluding hydrogens is 376 g/mol. The van der Waals surface area contributed by atoms with Crippen LogP contribution in [0, 0.1) is 0 Å². The summed E-state index contributed by atoms with van der Waals surface area (Å²) in [6.45, 7) is 2.82. The molecule has 0 aliphatic carbocycles. The molecule has 1 aliphatic rings. The number of fused-ring (bicyclic) bond motifs is 1. The highest BCUT2D eigenvalue weighted by atomic mass is 32.1. The molecule has 146 valence electrons. The average molecular weight is 398 g/mol. The molecular formula is C20H22N4O3S. The second-order valence-corrected chi connectivity index (χ2v) is 7.50. The monoisotopic (exact) mass is 398 g/mol. The topological polar surface area (TPSA) is 76.6 Å². The largest absolute Gasteiger partial charge is 0.383 e. The van der Waals surface area contributed by atoms with Gasteiger partial charge in [-0.25, -0.2) is 9.97 Å². The number of carbonyl (C=O) groups is 1. The van der Waals surface area contributed by atoms with E-state index in [0.29, 0.717) is 37.1 Å². The van der Waals surface area contributed by atoms with Gasteiger partial charge in [-0.1, -0.05) is 18.2 Å². The third kappa shape index (κ3) is 3.84. The minimum Gasteiger partial charge on any atom is -0.383 e. The number of hydrogen-bond acceptors (Lipinski definition) is 7. The number of carbonyl (C=O) groups excluding carboxylic acids is 1. The molecule has 1 amide bonds. The van der Waals surface area contributed by atoms with Crippen LogP contribution in [0.3, 0.4) is 0 Å². The number of nitrogens with zero attached hydrogens (tertiary/aromatic N) is 3. The first-order chi connectivity index (χ1) is 13.8. The number of morpholine rings is 1. The van der Waals surface area contributed by atoms with Crippen LogP contribution in [0.2, 0.25) is 0 Å². The normalized spacial score (nSPS) is 17.0. The summed E-state index contributed by atoms with van der Waals surface area (Å²) in [5, 5.41) is 4.00. The number of methoxy groups -OCH3 is 1. The molecule has 3 heterocycles. The standard InChI is InChI=1S/C20H22N4O3S/c1-26-11-9-21-19(25)18-17(14-5-2-3-6-16(14)28-18)15-13-24(10-12-27-15)20-22-7-4-8-23-20/h2-8,15H,9-13H2,1H3,(H,21,25)/t15-/m0/s1. The molecule has 0 bridgehead atoms. The molecule has 4 rings (SSSR count). The molecule has 1 aliphatic heterocycles. The van der Waals surface area contributed by atoms with E-state index in [1.54, 1.807) is 25.6 Å². The maximum Gasteiger partial charge on any atom is 0.261 e. The van der Waals surface area contributed by atoms with Crippen LogP contribution in [0.4, 0.5) is 5.95 Å². The Labute approximate surface area is 167 Å². The zero-order chi connectivity index (χ0) is 19.3. The number of aromatic nitrogens is 2. The smallest absolute Gasteiger partial charge is 0.261 e. The molecule has 1 aromatic carbocycles. The molecule has 0 spiro atoms. The Morgan fingerprint density at radius 3 is 2.96 bits per heavy atom. The molecule has 2 aromatic heterocycles. The number of thiophene rings is 1. The Balaban J connectivity index is 1.66. The summed E-state index contributed by atoms with van der Waals surface area (Å²) in [6.07, 6.45) is 3.25. The Kier molecular flexibility index (Phi) is 5.80. The van der Waals surface area contributed by atoms with Crippen molar-refractivity contribution in [2.45, 2.75) is 6.10 Å². The van der Waals surface area contributed by atoms with Crippen molar-refractivity contribution in [1.29, 1.82) is 0 Å². The number of hydrogen-bond donors (Lipinski definition) is 1. The lowest BCUT2D eigenvalue weighted by Gasteiger charge is -2.33. The van der Waals surface area contributed by atoms with Gasteiger partial charge in [-0.2, -0.15) is 0 Å². The second-order valence-electron chi connectivity index (χ2n) is 6.44. The quantitative estimate of drug-likeness (QED) is 0.644. The molecule has 3 aromatic rings. The first-order valence-electron chi connectivity index (χ1n) is 9.20. The minimum atomic E-state index is -0.225. The number of amides is 1. The third-order valence-electron chi connectivity index (χ3n) is 4.66. The number of rotatable bonds is 6. The highest BCUT2D eigenvalue weighted by Crippen LogP contribution is 2.38. The van der Waals surface area contributed by atoms with Crippen LogP contribution in [0.15, 0.2) is 42.7 Å². The van der Waals surface area contributed by atoms with Gasteiger partial charge in [0.25, 0.3) is 5.91 Å². The predicted molar refractivity (Wildman–Crippen MR) is 109 cm³/mol. The molecule has 28 heavy (non-hydrogen) atoms. The summed E-state index contributed by atoms with van der Waals surface area (Å²) >= 11 is 1.50. The molecule has 0 unspecified atom stereocenters. The molecule has 1 N–H and O–H groups in total. The molecule has 7 nitrogen and oxygen atoms in total. The van der Waals surface area contributed by atoms with Crippen LogP contribution >= 0.6 is 11.3 Å². The maximum absolute atomic E-state index is 12.9. The molecule has 8 heteroatoms. The second kappa shape index (κ2) is 8.64. The van der Waals surface area contributed by atoms with E-state index in [0.717, 1.165) is 22.2 Å². The van der Waals surface area contributed by atoms with E-state index in [1.807, 2.05) is 18.2 Å². The summed E-state index contributed by atoms with van der Waals surface area (Å²) in [5.41, 5.74) is 0.941. The van der Waals surface area contributed by atoms with Gasteiger partial charge in [0.05, 0.1) is 24.6 Å². The fourth-order valence-corrected chi connectivity index (χ4v) is 4.53. The van der Waals surface area contributed by atoms with Crippen molar-refractivity contribution in [1.82, 2.24) is 15.3 Å². The van der Waals surface area contributed by atoms with Crippen molar-refractivity contribution in [2.75, 3.05) is 44.9 Å². The van der Waals surface area contributed by atoms with Crippen molar-refractivity contribution >= 4 is 33.3 Å².